The van der Waals surface area contributed by atoms with Crippen LogP contribution in [0, 0.1) is 0 Å². The minimum atomic E-state index is -0.791. The molecule has 0 aromatic heterocycles. The van der Waals surface area contributed by atoms with Gasteiger partial charge in [0.15, 0.2) is 6.10 Å². The number of allylic oxidation sites excluding steroid dienone is 12. The molecule has 0 heterocycles. The largest absolute Gasteiger partial charge is 0.462 e. The highest BCUT2D eigenvalue weighted by Gasteiger charge is 2.19. The Hall–Kier alpha value is -3.15. The zero-order chi connectivity index (χ0) is 47.9. The van der Waals surface area contributed by atoms with E-state index in [0.29, 0.717) is 19.3 Å². The van der Waals surface area contributed by atoms with Crippen LogP contribution >= 0.6 is 0 Å². The van der Waals surface area contributed by atoms with Crippen molar-refractivity contribution in [1.82, 2.24) is 0 Å². The maximum Gasteiger partial charge on any atom is 0.306 e. The van der Waals surface area contributed by atoms with Crippen molar-refractivity contribution in [2.45, 2.75) is 277 Å². The molecule has 6 nitrogen and oxygen atoms in total. The van der Waals surface area contributed by atoms with E-state index in [-0.39, 0.29) is 31.1 Å². The number of unbranched alkanes of at least 4 members (excludes halogenated alkanes) is 31. The second kappa shape index (κ2) is 54.5. The van der Waals surface area contributed by atoms with E-state index in [1.807, 2.05) is 0 Å². The summed E-state index contributed by atoms with van der Waals surface area (Å²) in [6.45, 7) is 6.48. The molecule has 0 aromatic carbocycles. The smallest absolute Gasteiger partial charge is 0.306 e. The molecule has 66 heavy (non-hydrogen) atoms. The van der Waals surface area contributed by atoms with Crippen LogP contribution in [0.4, 0.5) is 0 Å². The number of ether oxygens (including phenoxy) is 3. The highest BCUT2D eigenvalue weighted by Crippen LogP contribution is 2.16. The Bertz CT molecular complexity index is 1240. The molecule has 1 atom stereocenters. The van der Waals surface area contributed by atoms with Crippen molar-refractivity contribution in [3.8, 4) is 0 Å². The first kappa shape index (κ1) is 62.8. The van der Waals surface area contributed by atoms with Gasteiger partial charge in [0.2, 0.25) is 0 Å². The summed E-state index contributed by atoms with van der Waals surface area (Å²) >= 11 is 0. The molecule has 1 unspecified atom stereocenters. The molecule has 0 N–H and O–H groups in total. The van der Waals surface area contributed by atoms with E-state index >= 15 is 0 Å². The van der Waals surface area contributed by atoms with Gasteiger partial charge in [-0.25, -0.2) is 0 Å². The van der Waals surface area contributed by atoms with Gasteiger partial charge in [-0.2, -0.15) is 0 Å². The standard InChI is InChI=1S/C60H104O6/c1-4-7-10-13-16-19-22-25-27-29-31-32-35-38-41-44-47-50-53-59(62)65-56-57(55-64-58(61)52-49-46-43-40-37-34-24-21-18-15-12-9-6-3)66-60(63)54-51-48-45-42-39-36-33-30-28-26-23-20-17-14-11-8-5-2/h9,12,15,18,21-22,24-25,27,29,31-32,57H,4-8,10-11,13-14,16-17,19-20,23,26,28,30,33-56H2,1-3H3/b12-9-,18-15-,24-21-,25-22-,29-27-,32-31-. The SMILES string of the molecule is CC\C=C/C=C\C=C/CCCCCCCC(=O)OCC(COC(=O)CCCCCCC\C=C/C=C\C=C/CCCCCCC)OC(=O)CCCCCCCCCCCCCCCCCCC. The minimum Gasteiger partial charge on any atom is -0.462 e. The first-order valence-electron chi connectivity index (χ1n) is 28.0. The van der Waals surface area contributed by atoms with Gasteiger partial charge in [-0.3, -0.25) is 14.4 Å². The van der Waals surface area contributed by atoms with E-state index in [0.717, 1.165) is 103 Å². The Labute approximate surface area is 408 Å². The van der Waals surface area contributed by atoms with E-state index in [1.165, 1.54) is 128 Å². The summed E-state index contributed by atoms with van der Waals surface area (Å²) in [5.74, 6) is -0.921. The number of hydrogen-bond donors (Lipinski definition) is 0. The topological polar surface area (TPSA) is 78.9 Å². The zero-order valence-electron chi connectivity index (χ0n) is 43.4. The average molecular weight is 921 g/mol. The Morgan fingerprint density at radius 2 is 0.591 bits per heavy atom. The molecule has 0 fully saturated rings. The van der Waals surface area contributed by atoms with Crippen LogP contribution in [0.25, 0.3) is 0 Å². The second-order valence-electron chi connectivity index (χ2n) is 18.6. The molecular weight excluding hydrogens is 817 g/mol. The van der Waals surface area contributed by atoms with Gasteiger partial charge in [0.25, 0.3) is 0 Å². The van der Waals surface area contributed by atoms with Gasteiger partial charge in [-0.1, -0.05) is 261 Å². The lowest BCUT2D eigenvalue weighted by Crippen LogP contribution is -2.30. The van der Waals surface area contributed by atoms with Gasteiger partial charge in [0.05, 0.1) is 0 Å². The van der Waals surface area contributed by atoms with Crippen LogP contribution in [0.5, 0.6) is 0 Å². The highest BCUT2D eigenvalue weighted by atomic mass is 16.6. The first-order valence-corrected chi connectivity index (χ1v) is 28.0. The molecule has 0 saturated carbocycles. The third-order valence-electron chi connectivity index (χ3n) is 12.1. The van der Waals surface area contributed by atoms with Crippen LogP contribution in [0.1, 0.15) is 271 Å². The van der Waals surface area contributed by atoms with Crippen molar-refractivity contribution in [3.63, 3.8) is 0 Å². The van der Waals surface area contributed by atoms with Gasteiger partial charge in [-0.15, -0.1) is 0 Å². The molecular formula is C60H104O6. The lowest BCUT2D eigenvalue weighted by atomic mass is 10.0. The maximum absolute atomic E-state index is 12.8. The highest BCUT2D eigenvalue weighted by molar-refractivity contribution is 5.71. The predicted octanol–water partition coefficient (Wildman–Crippen LogP) is 18.6. The van der Waals surface area contributed by atoms with E-state index in [2.05, 4.69) is 93.7 Å². The van der Waals surface area contributed by atoms with Crippen LogP contribution in [0.2, 0.25) is 0 Å². The van der Waals surface area contributed by atoms with Gasteiger partial charge in [0, 0.05) is 19.3 Å². The van der Waals surface area contributed by atoms with Gasteiger partial charge in [-0.05, 0) is 64.2 Å². The number of hydrogen-bond acceptors (Lipinski definition) is 6. The fourth-order valence-electron chi connectivity index (χ4n) is 7.86. The fraction of sp³-hybridized carbons (Fsp3) is 0.750. The molecule has 0 aliphatic carbocycles. The van der Waals surface area contributed by atoms with Crippen LogP contribution in [0.15, 0.2) is 72.9 Å². The summed E-state index contributed by atoms with van der Waals surface area (Å²) in [5.41, 5.74) is 0. The summed E-state index contributed by atoms with van der Waals surface area (Å²) in [5, 5.41) is 0. The number of esters is 3. The van der Waals surface area contributed by atoms with Gasteiger partial charge in [0.1, 0.15) is 13.2 Å². The van der Waals surface area contributed by atoms with Crippen LogP contribution in [-0.4, -0.2) is 37.2 Å². The summed E-state index contributed by atoms with van der Waals surface area (Å²) in [4.78, 5) is 38.1. The molecule has 0 bridgehead atoms. The van der Waals surface area contributed by atoms with E-state index in [9.17, 15) is 14.4 Å². The fourth-order valence-corrected chi connectivity index (χ4v) is 7.86. The molecule has 0 aromatic rings. The number of carbonyl (C=O) groups excluding carboxylic acids is 3. The third kappa shape index (κ3) is 51.8. The van der Waals surface area contributed by atoms with Crippen LogP contribution < -0.4 is 0 Å². The Balaban J connectivity index is 4.41. The van der Waals surface area contributed by atoms with E-state index < -0.39 is 6.10 Å². The van der Waals surface area contributed by atoms with Crippen molar-refractivity contribution < 1.29 is 28.6 Å². The van der Waals surface area contributed by atoms with E-state index in [1.54, 1.807) is 0 Å². The van der Waals surface area contributed by atoms with Crippen LogP contribution in [0.3, 0.4) is 0 Å². The molecule has 0 rings (SSSR count). The Kier molecular flexibility index (Phi) is 51.9. The van der Waals surface area contributed by atoms with Crippen LogP contribution in [-0.2, 0) is 28.6 Å². The average Bonchev–Trinajstić information content (AvgIpc) is 3.31. The Morgan fingerprint density at radius 1 is 0.318 bits per heavy atom. The lowest BCUT2D eigenvalue weighted by Gasteiger charge is -2.18. The lowest BCUT2D eigenvalue weighted by molar-refractivity contribution is -0.167. The maximum atomic E-state index is 12.8. The van der Waals surface area contributed by atoms with Gasteiger partial charge < -0.3 is 14.2 Å². The minimum absolute atomic E-state index is 0.0911. The summed E-state index contributed by atoms with van der Waals surface area (Å²) in [6, 6.07) is 0. The Morgan fingerprint density at radius 3 is 0.909 bits per heavy atom. The first-order chi connectivity index (χ1) is 32.5. The molecule has 0 amide bonds. The molecule has 6 heteroatoms. The molecule has 0 aliphatic heterocycles. The van der Waals surface area contributed by atoms with E-state index in [4.69, 9.17) is 14.2 Å². The molecule has 380 valence electrons. The number of rotatable bonds is 50. The summed E-state index contributed by atoms with van der Waals surface area (Å²) in [6.07, 6.45) is 68.9. The number of carbonyl (C=O) groups is 3. The normalized spacial score (nSPS) is 12.6. The van der Waals surface area contributed by atoms with Crippen molar-refractivity contribution in [3.05, 3.63) is 72.9 Å². The second-order valence-corrected chi connectivity index (χ2v) is 18.6. The molecule has 0 aliphatic rings. The quantitative estimate of drug-likeness (QED) is 0.0262. The van der Waals surface area contributed by atoms with Crippen molar-refractivity contribution in [1.29, 1.82) is 0 Å². The van der Waals surface area contributed by atoms with Crippen molar-refractivity contribution in [2.24, 2.45) is 0 Å². The predicted molar refractivity (Wildman–Crippen MR) is 284 cm³/mol. The zero-order valence-corrected chi connectivity index (χ0v) is 43.4. The monoisotopic (exact) mass is 921 g/mol. The third-order valence-corrected chi connectivity index (χ3v) is 12.1. The summed E-state index contributed by atoms with van der Waals surface area (Å²) < 4.78 is 16.8. The molecule has 0 radical (unpaired) electrons. The summed E-state index contributed by atoms with van der Waals surface area (Å²) in [7, 11) is 0. The van der Waals surface area contributed by atoms with Crippen molar-refractivity contribution >= 4 is 17.9 Å². The van der Waals surface area contributed by atoms with Crippen molar-refractivity contribution in [2.75, 3.05) is 13.2 Å². The van der Waals surface area contributed by atoms with Gasteiger partial charge >= 0.3 is 17.9 Å². The molecule has 0 spiro atoms. The molecule has 0 saturated heterocycles.